The molecule has 1 N–H and O–H groups in total. The number of ether oxygens (including phenoxy) is 1. The Hall–Kier alpha value is -1.16. The minimum absolute atomic E-state index is 0.239. The molecule has 0 bridgehead atoms. The SMILES string of the molecule is CCOC(=O)C(C)(C)Nc1ccc(SCC)cc1. The summed E-state index contributed by atoms with van der Waals surface area (Å²) in [6, 6.07) is 8.08. The lowest BCUT2D eigenvalue weighted by Crippen LogP contribution is -2.41. The zero-order chi connectivity index (χ0) is 13.6. The van der Waals surface area contributed by atoms with Gasteiger partial charge in [-0.15, -0.1) is 11.8 Å². The summed E-state index contributed by atoms with van der Waals surface area (Å²) in [6.07, 6.45) is 0. The van der Waals surface area contributed by atoms with E-state index in [4.69, 9.17) is 4.74 Å². The normalized spacial score (nSPS) is 11.1. The molecule has 0 spiro atoms. The van der Waals surface area contributed by atoms with Crippen molar-refractivity contribution in [2.24, 2.45) is 0 Å². The first-order chi connectivity index (χ1) is 8.49. The van der Waals surface area contributed by atoms with E-state index >= 15 is 0 Å². The molecule has 0 aliphatic rings. The van der Waals surface area contributed by atoms with Gasteiger partial charge in [-0.2, -0.15) is 0 Å². The number of carbonyl (C=O) groups excluding carboxylic acids is 1. The van der Waals surface area contributed by atoms with Crippen LogP contribution >= 0.6 is 11.8 Å². The Bertz CT molecular complexity index is 387. The van der Waals surface area contributed by atoms with Gasteiger partial charge in [0.15, 0.2) is 0 Å². The Morgan fingerprint density at radius 3 is 2.39 bits per heavy atom. The summed E-state index contributed by atoms with van der Waals surface area (Å²) in [5.41, 5.74) is 0.212. The summed E-state index contributed by atoms with van der Waals surface area (Å²) in [7, 11) is 0. The fraction of sp³-hybridized carbons (Fsp3) is 0.500. The fourth-order valence-electron chi connectivity index (χ4n) is 1.52. The average molecular weight is 267 g/mol. The van der Waals surface area contributed by atoms with E-state index in [0.29, 0.717) is 6.61 Å². The number of anilines is 1. The zero-order valence-electron chi connectivity index (χ0n) is 11.4. The number of hydrogen-bond donors (Lipinski definition) is 1. The quantitative estimate of drug-likeness (QED) is 0.632. The molecule has 0 aliphatic carbocycles. The van der Waals surface area contributed by atoms with Crippen molar-refractivity contribution in [1.29, 1.82) is 0 Å². The van der Waals surface area contributed by atoms with Crippen LogP contribution in [0.3, 0.4) is 0 Å². The molecule has 0 amide bonds. The van der Waals surface area contributed by atoms with Crippen molar-refractivity contribution >= 4 is 23.4 Å². The van der Waals surface area contributed by atoms with Gasteiger partial charge in [0.05, 0.1) is 6.61 Å². The predicted molar refractivity (Wildman–Crippen MR) is 77.2 cm³/mol. The van der Waals surface area contributed by atoms with Gasteiger partial charge in [-0.25, -0.2) is 4.79 Å². The van der Waals surface area contributed by atoms with Crippen molar-refractivity contribution in [3.05, 3.63) is 24.3 Å². The number of esters is 1. The highest BCUT2D eigenvalue weighted by Crippen LogP contribution is 2.22. The maximum atomic E-state index is 11.7. The van der Waals surface area contributed by atoms with Crippen LogP contribution in [0.2, 0.25) is 0 Å². The molecule has 0 aliphatic heterocycles. The summed E-state index contributed by atoms with van der Waals surface area (Å²) in [4.78, 5) is 13.0. The van der Waals surface area contributed by atoms with Gasteiger partial charge in [-0.05, 0) is 50.8 Å². The first-order valence-corrected chi connectivity index (χ1v) is 7.16. The van der Waals surface area contributed by atoms with Crippen molar-refractivity contribution < 1.29 is 9.53 Å². The summed E-state index contributed by atoms with van der Waals surface area (Å²) in [5.74, 6) is 0.818. The molecule has 1 aromatic rings. The molecule has 0 heterocycles. The van der Waals surface area contributed by atoms with Crippen molar-refractivity contribution in [3.8, 4) is 0 Å². The molecule has 1 aromatic carbocycles. The first kappa shape index (κ1) is 14.9. The van der Waals surface area contributed by atoms with Crippen LogP contribution in [-0.2, 0) is 9.53 Å². The lowest BCUT2D eigenvalue weighted by molar-refractivity contribution is -0.147. The Morgan fingerprint density at radius 2 is 1.89 bits per heavy atom. The predicted octanol–water partition coefficient (Wildman–Crippen LogP) is 3.55. The average Bonchev–Trinajstić information content (AvgIpc) is 2.32. The van der Waals surface area contributed by atoms with Gasteiger partial charge in [0.1, 0.15) is 5.54 Å². The summed E-state index contributed by atoms with van der Waals surface area (Å²) in [6.45, 7) is 7.97. The van der Waals surface area contributed by atoms with Crippen LogP contribution in [0.1, 0.15) is 27.7 Å². The molecule has 1 rings (SSSR count). The molecule has 4 heteroatoms. The first-order valence-electron chi connectivity index (χ1n) is 6.18. The highest BCUT2D eigenvalue weighted by atomic mass is 32.2. The van der Waals surface area contributed by atoms with E-state index in [2.05, 4.69) is 24.4 Å². The van der Waals surface area contributed by atoms with E-state index in [-0.39, 0.29) is 5.97 Å². The van der Waals surface area contributed by atoms with Crippen LogP contribution in [0.25, 0.3) is 0 Å². The lowest BCUT2D eigenvalue weighted by Gasteiger charge is -2.25. The van der Waals surface area contributed by atoms with Crippen LogP contribution in [0.5, 0.6) is 0 Å². The van der Waals surface area contributed by atoms with E-state index in [1.807, 2.05) is 32.9 Å². The number of nitrogens with one attached hydrogen (secondary N) is 1. The Labute approximate surface area is 113 Å². The molecule has 0 aromatic heterocycles. The zero-order valence-corrected chi connectivity index (χ0v) is 12.3. The summed E-state index contributed by atoms with van der Waals surface area (Å²) < 4.78 is 5.04. The minimum Gasteiger partial charge on any atom is -0.464 e. The van der Waals surface area contributed by atoms with Gasteiger partial charge >= 0.3 is 5.97 Å². The number of hydrogen-bond acceptors (Lipinski definition) is 4. The Kier molecular flexibility index (Phi) is 5.54. The molecular formula is C14H21NO2S. The van der Waals surface area contributed by atoms with Crippen LogP contribution in [-0.4, -0.2) is 23.9 Å². The van der Waals surface area contributed by atoms with Crippen LogP contribution < -0.4 is 5.32 Å². The van der Waals surface area contributed by atoms with E-state index < -0.39 is 5.54 Å². The van der Waals surface area contributed by atoms with Gasteiger partial charge < -0.3 is 10.1 Å². The highest BCUT2D eigenvalue weighted by molar-refractivity contribution is 7.99. The molecule has 0 fully saturated rings. The third-order valence-electron chi connectivity index (χ3n) is 2.41. The second-order valence-corrected chi connectivity index (χ2v) is 5.77. The molecule has 0 saturated carbocycles. The molecule has 100 valence electrons. The molecule has 0 saturated heterocycles. The summed E-state index contributed by atoms with van der Waals surface area (Å²) >= 11 is 1.80. The number of carbonyl (C=O) groups is 1. The van der Waals surface area contributed by atoms with Crippen molar-refractivity contribution in [2.75, 3.05) is 17.7 Å². The van der Waals surface area contributed by atoms with E-state index in [9.17, 15) is 4.79 Å². The van der Waals surface area contributed by atoms with Gasteiger partial charge in [0.25, 0.3) is 0 Å². The van der Waals surface area contributed by atoms with Crippen molar-refractivity contribution in [1.82, 2.24) is 0 Å². The van der Waals surface area contributed by atoms with Crippen molar-refractivity contribution in [3.63, 3.8) is 0 Å². The van der Waals surface area contributed by atoms with Gasteiger partial charge in [0.2, 0.25) is 0 Å². The van der Waals surface area contributed by atoms with E-state index in [0.717, 1.165) is 11.4 Å². The van der Waals surface area contributed by atoms with Gasteiger partial charge in [-0.1, -0.05) is 6.92 Å². The third kappa shape index (κ3) is 4.26. The van der Waals surface area contributed by atoms with E-state index in [1.165, 1.54) is 4.90 Å². The number of benzene rings is 1. The second-order valence-electron chi connectivity index (χ2n) is 4.43. The molecule has 0 radical (unpaired) electrons. The lowest BCUT2D eigenvalue weighted by atomic mass is 10.1. The maximum absolute atomic E-state index is 11.7. The third-order valence-corrected chi connectivity index (χ3v) is 3.30. The standard InChI is InChI=1S/C14H21NO2S/c1-5-17-13(16)14(3,4)15-11-7-9-12(10-8-11)18-6-2/h7-10,15H,5-6H2,1-4H3. The second kappa shape index (κ2) is 6.69. The van der Waals surface area contributed by atoms with Crippen LogP contribution in [0.15, 0.2) is 29.2 Å². The van der Waals surface area contributed by atoms with Crippen LogP contribution in [0.4, 0.5) is 5.69 Å². The molecule has 18 heavy (non-hydrogen) atoms. The number of thioether (sulfide) groups is 1. The molecule has 3 nitrogen and oxygen atoms in total. The van der Waals surface area contributed by atoms with Crippen LogP contribution in [0, 0.1) is 0 Å². The molecular weight excluding hydrogens is 246 g/mol. The van der Waals surface area contributed by atoms with E-state index in [1.54, 1.807) is 11.8 Å². The Morgan fingerprint density at radius 1 is 1.28 bits per heavy atom. The topological polar surface area (TPSA) is 38.3 Å². The largest absolute Gasteiger partial charge is 0.464 e. The smallest absolute Gasteiger partial charge is 0.331 e. The monoisotopic (exact) mass is 267 g/mol. The van der Waals surface area contributed by atoms with Gasteiger partial charge in [0, 0.05) is 10.6 Å². The number of rotatable bonds is 6. The van der Waals surface area contributed by atoms with Crippen molar-refractivity contribution in [2.45, 2.75) is 38.1 Å². The molecule has 0 atom stereocenters. The minimum atomic E-state index is -0.713. The fourth-order valence-corrected chi connectivity index (χ4v) is 2.19. The molecule has 0 unspecified atom stereocenters. The van der Waals surface area contributed by atoms with Gasteiger partial charge in [-0.3, -0.25) is 0 Å². The summed E-state index contributed by atoms with van der Waals surface area (Å²) in [5, 5.41) is 3.19. The maximum Gasteiger partial charge on any atom is 0.331 e. The highest BCUT2D eigenvalue weighted by Gasteiger charge is 2.28. The Balaban J connectivity index is 2.68.